The Kier molecular flexibility index (Phi) is 7.59. The minimum atomic E-state index is -3.56. The molecule has 2 atom stereocenters. The van der Waals surface area contributed by atoms with Gasteiger partial charge in [0.05, 0.1) is 0 Å². The summed E-state index contributed by atoms with van der Waals surface area (Å²) in [5, 5.41) is 1.07. The number of carbonyl (C=O) groups is 1. The number of aromatic nitrogens is 1. The van der Waals surface area contributed by atoms with Gasteiger partial charge in [-0.2, -0.15) is 0 Å². The predicted octanol–water partition coefficient (Wildman–Crippen LogP) is 1.87. The Morgan fingerprint density at radius 3 is 2.96 bits per heavy atom. The average Bonchev–Trinajstić information content (AvgIpc) is 3.14. The maximum absolute atomic E-state index is 12.2. The van der Waals surface area contributed by atoms with E-state index in [1.54, 1.807) is 6.92 Å². The van der Waals surface area contributed by atoms with Gasteiger partial charge in [0.1, 0.15) is 0 Å². The van der Waals surface area contributed by atoms with Gasteiger partial charge in [-0.25, -0.2) is 0 Å². The fraction of sp³-hybridized carbons (Fsp3) is 0.471. The molecule has 3 rings (SSSR count). The number of fused-ring (bicyclic) bond motifs is 1. The second-order valence-electron chi connectivity index (χ2n) is 6.23. The largest absolute Gasteiger partial charge is 0.147 e. The van der Waals surface area contributed by atoms with E-state index in [0.717, 1.165) is 16.5 Å². The van der Waals surface area contributed by atoms with Crippen molar-refractivity contribution in [3.8, 4) is 0 Å². The van der Waals surface area contributed by atoms with Crippen LogP contribution in [0, 0.1) is 0 Å². The molecule has 0 bridgehead atoms. The molecular formula is C17H26ClN2O6P. The normalized spacial score (nSPS) is 20.8. The number of hydrogen-bond acceptors (Lipinski definition) is 7. The topological polar surface area (TPSA) is 105 Å². The molecular weight excluding hydrogens is 395 g/mol. The maximum atomic E-state index is 12.2. The maximum Gasteiger partial charge on any atom is -0.147 e. The molecule has 1 saturated heterocycles. The van der Waals surface area contributed by atoms with E-state index in [-0.39, 0.29) is 32.2 Å². The van der Waals surface area contributed by atoms with Gasteiger partial charge in [0.25, 0.3) is 0 Å². The van der Waals surface area contributed by atoms with E-state index in [0.29, 0.717) is 6.42 Å². The molecule has 10 heteroatoms. The number of aryl methyl sites for hydroxylation is 1. The molecule has 0 amide bonds. The number of esters is 1. The molecule has 0 saturated carbocycles. The zero-order valence-electron chi connectivity index (χ0n) is 15.3. The molecule has 1 aromatic heterocycles. The molecule has 8 nitrogen and oxygen atoms in total. The summed E-state index contributed by atoms with van der Waals surface area (Å²) >= 11 is 0. The number of nitrogens with two attached hydrogens (primary N) is 1. The molecule has 152 valence electrons. The molecule has 0 aliphatic carbocycles. The second-order valence-corrected chi connectivity index (χ2v) is 8.09. The van der Waals surface area contributed by atoms with Crippen molar-refractivity contribution in [2.45, 2.75) is 25.5 Å². The summed E-state index contributed by atoms with van der Waals surface area (Å²) in [4.78, 5) is 22.1. The van der Waals surface area contributed by atoms with Crippen LogP contribution >= 0.6 is 20.6 Å². The van der Waals surface area contributed by atoms with E-state index in [2.05, 4.69) is 0 Å². The van der Waals surface area contributed by atoms with Crippen molar-refractivity contribution in [3.05, 3.63) is 36.0 Å². The van der Waals surface area contributed by atoms with E-state index in [1.165, 1.54) is 0 Å². The molecule has 0 radical (unpaired) electrons. The zero-order valence-corrected chi connectivity index (χ0v) is 17.1. The Morgan fingerprint density at radius 2 is 2.22 bits per heavy atom. The van der Waals surface area contributed by atoms with Crippen molar-refractivity contribution in [1.29, 1.82) is 0 Å². The molecule has 1 fully saturated rings. The van der Waals surface area contributed by atoms with E-state index in [9.17, 15) is 9.69 Å². The van der Waals surface area contributed by atoms with Gasteiger partial charge in [-0.05, 0) is 0 Å². The zero-order chi connectivity index (χ0) is 18.7. The number of benzene rings is 1. The van der Waals surface area contributed by atoms with Gasteiger partial charge >= 0.3 is 152 Å². The summed E-state index contributed by atoms with van der Waals surface area (Å²) in [6, 6.07) is 7.16. The summed E-state index contributed by atoms with van der Waals surface area (Å²) in [6.07, 6.45) is 1.80. The molecule has 2 aromatic rings. The number of hydrogen-bond donors (Lipinski definition) is 2. The minimum Gasteiger partial charge on any atom is -0.147 e. The van der Waals surface area contributed by atoms with Crippen molar-refractivity contribution >= 4 is 37.4 Å². The summed E-state index contributed by atoms with van der Waals surface area (Å²) in [5.41, 5.74) is 8.09. The smallest absolute Gasteiger partial charge is 0.147 e. The second kappa shape index (κ2) is 9.30. The first-order valence-electron chi connectivity index (χ1n) is 8.55. The van der Waals surface area contributed by atoms with E-state index < -0.39 is 26.3 Å². The molecule has 1 aromatic carbocycles. The fourth-order valence-electron chi connectivity index (χ4n) is 3.01. The SMILES string of the molecule is CCO[PH]1(O)OCC(COC(=O)[C@H](N)Cc2cn(C)c3ccccc23)O1.Cl. The molecule has 1 unspecified atom stereocenters. The van der Waals surface area contributed by atoms with Crippen LogP contribution in [0.4, 0.5) is 0 Å². The number of nitrogens with zero attached hydrogens (tertiary/aromatic N) is 1. The monoisotopic (exact) mass is 420 g/mol. The van der Waals surface area contributed by atoms with Crippen LogP contribution in [0.25, 0.3) is 10.9 Å². The summed E-state index contributed by atoms with van der Waals surface area (Å²) < 4.78 is 22.8. The predicted molar refractivity (Wildman–Crippen MR) is 106 cm³/mol. The Hall–Kier alpha value is -1.25. The molecule has 0 spiro atoms. The molecule has 3 N–H and O–H groups in total. The van der Waals surface area contributed by atoms with Crippen LogP contribution in [0.5, 0.6) is 0 Å². The minimum absolute atomic E-state index is 0. The summed E-state index contributed by atoms with van der Waals surface area (Å²) in [5.74, 6) is -0.518. The van der Waals surface area contributed by atoms with Gasteiger partial charge in [-0.3, -0.25) is 0 Å². The Labute approximate surface area is 164 Å². The van der Waals surface area contributed by atoms with Crippen LogP contribution in [0.1, 0.15) is 12.5 Å². The molecule has 2 heterocycles. The van der Waals surface area contributed by atoms with E-state index in [1.807, 2.05) is 42.1 Å². The van der Waals surface area contributed by atoms with Gasteiger partial charge in [0.2, 0.25) is 0 Å². The van der Waals surface area contributed by atoms with Gasteiger partial charge in [-0.15, -0.1) is 12.4 Å². The number of rotatable bonds is 7. The number of para-hydroxylation sites is 1. The van der Waals surface area contributed by atoms with Gasteiger partial charge < -0.3 is 0 Å². The molecule has 27 heavy (non-hydrogen) atoms. The first-order chi connectivity index (χ1) is 12.4. The van der Waals surface area contributed by atoms with Gasteiger partial charge in [0, 0.05) is 0 Å². The standard InChI is InChI=1S/C17H25N2O6P.ClH/c1-3-23-26(21)24-11-13(25-26)10-22-17(20)15(18)8-12-9-19(2)16-7-5-4-6-14(12)16;/h4-7,9,13,15,21,26H,3,8,10-11,18H2,1-2H3;1H/t13?,15-;/m1./s1. The van der Waals surface area contributed by atoms with Crippen LogP contribution in [0.3, 0.4) is 0 Å². The Morgan fingerprint density at radius 1 is 1.48 bits per heavy atom. The van der Waals surface area contributed by atoms with Gasteiger partial charge in [-0.1, -0.05) is 0 Å². The third-order valence-corrected chi connectivity index (χ3v) is 6.04. The quantitative estimate of drug-likeness (QED) is 0.520. The number of halogens is 1. The third kappa shape index (κ3) is 5.18. The average molecular weight is 421 g/mol. The summed E-state index contributed by atoms with van der Waals surface area (Å²) in [7, 11) is -1.61. The van der Waals surface area contributed by atoms with Crippen molar-refractivity contribution in [2.24, 2.45) is 12.8 Å². The first kappa shape index (κ1) is 22.0. The van der Waals surface area contributed by atoms with Crippen LogP contribution in [-0.4, -0.2) is 47.4 Å². The molecule has 1 aliphatic rings. The number of carbonyl (C=O) groups excluding carboxylic acids is 1. The molecule has 1 aliphatic heterocycles. The van der Waals surface area contributed by atoms with E-state index >= 15 is 0 Å². The summed E-state index contributed by atoms with van der Waals surface area (Å²) in [6.45, 7) is 2.10. The van der Waals surface area contributed by atoms with Crippen molar-refractivity contribution in [3.63, 3.8) is 0 Å². The number of ether oxygens (including phenoxy) is 1. The Balaban J connectivity index is 0.00000261. The fourth-order valence-corrected chi connectivity index (χ4v) is 4.55. The van der Waals surface area contributed by atoms with Crippen LogP contribution in [-0.2, 0) is 36.6 Å². The van der Waals surface area contributed by atoms with Crippen molar-refractivity contribution < 1.29 is 28.0 Å². The van der Waals surface area contributed by atoms with E-state index in [4.69, 9.17) is 24.0 Å². The van der Waals surface area contributed by atoms with Crippen LogP contribution < -0.4 is 5.73 Å². The first-order valence-corrected chi connectivity index (χ1v) is 10.2. The van der Waals surface area contributed by atoms with Gasteiger partial charge in [0.15, 0.2) is 0 Å². The third-order valence-electron chi connectivity index (χ3n) is 4.23. The Bertz CT molecular complexity index is 788. The van der Waals surface area contributed by atoms with Crippen LogP contribution in [0.15, 0.2) is 30.5 Å². The van der Waals surface area contributed by atoms with Crippen LogP contribution in [0.2, 0.25) is 0 Å². The van der Waals surface area contributed by atoms with Crippen molar-refractivity contribution in [2.75, 3.05) is 19.8 Å². The van der Waals surface area contributed by atoms with Crippen molar-refractivity contribution in [1.82, 2.24) is 4.57 Å².